The molecule has 12 nitrogen and oxygen atoms in total. The van der Waals surface area contributed by atoms with Crippen molar-refractivity contribution in [2.45, 2.75) is 6.42 Å². The normalized spacial score (nSPS) is 10.9. The Hall–Kier alpha value is -6.01. The first-order valence-corrected chi connectivity index (χ1v) is 16.3. The summed E-state index contributed by atoms with van der Waals surface area (Å²) in [6, 6.07) is 18.7. The molecule has 0 fully saturated rings. The van der Waals surface area contributed by atoms with Gasteiger partial charge in [-0.1, -0.05) is 23.7 Å². The van der Waals surface area contributed by atoms with E-state index in [0.29, 0.717) is 57.2 Å². The Morgan fingerprint density at radius 3 is 2.10 bits per heavy atom. The van der Waals surface area contributed by atoms with Gasteiger partial charge in [0.2, 0.25) is 22.8 Å². The lowest BCUT2D eigenvalue weighted by molar-refractivity contribution is -0.111. The number of ether oxygens (including phenoxy) is 8. The van der Waals surface area contributed by atoms with E-state index in [-0.39, 0.29) is 47.3 Å². The molecule has 1 heterocycles. The Morgan fingerprint density at radius 1 is 0.731 bits per heavy atom. The largest absolute Gasteiger partial charge is 0.496 e. The van der Waals surface area contributed by atoms with Crippen LogP contribution in [-0.4, -0.2) is 61.8 Å². The van der Waals surface area contributed by atoms with Gasteiger partial charge in [-0.05, 0) is 54.1 Å². The second-order valence-corrected chi connectivity index (χ2v) is 11.4. The van der Waals surface area contributed by atoms with E-state index in [1.54, 1.807) is 72.8 Å². The van der Waals surface area contributed by atoms with Gasteiger partial charge in [0.05, 0.1) is 55.9 Å². The second-order valence-electron chi connectivity index (χ2n) is 11.0. The zero-order valence-corrected chi connectivity index (χ0v) is 30.3. The van der Waals surface area contributed by atoms with Gasteiger partial charge in [-0.25, -0.2) is 0 Å². The van der Waals surface area contributed by atoms with E-state index < -0.39 is 5.43 Å². The first-order valence-electron chi connectivity index (χ1n) is 15.9. The monoisotopic (exact) mass is 731 g/mol. The SMILES string of the molecule is COc1cc(OC)c2c(=O)c(OCCCOc3ccc(/C=C/C(=O)Nc4cccc(Cl)c4)cc3OC)c(-c3cc(OC)c(OC)c(OC)c3)oc2c1. The molecule has 0 saturated heterocycles. The quantitative estimate of drug-likeness (QED) is 0.0792. The van der Waals surface area contributed by atoms with Crippen LogP contribution in [0.4, 0.5) is 5.69 Å². The highest BCUT2D eigenvalue weighted by Crippen LogP contribution is 2.44. The molecule has 0 atom stereocenters. The van der Waals surface area contributed by atoms with Crippen molar-refractivity contribution in [2.75, 3.05) is 61.2 Å². The van der Waals surface area contributed by atoms with E-state index in [1.807, 2.05) is 0 Å². The van der Waals surface area contributed by atoms with Gasteiger partial charge in [-0.3, -0.25) is 9.59 Å². The summed E-state index contributed by atoms with van der Waals surface area (Å²) in [4.78, 5) is 26.4. The van der Waals surface area contributed by atoms with Crippen LogP contribution >= 0.6 is 11.6 Å². The highest BCUT2D eigenvalue weighted by Gasteiger charge is 2.24. The fraction of sp³-hybridized carbons (Fsp3) is 0.231. The van der Waals surface area contributed by atoms with E-state index in [0.717, 1.165) is 5.56 Å². The zero-order valence-electron chi connectivity index (χ0n) is 29.5. The van der Waals surface area contributed by atoms with E-state index in [1.165, 1.54) is 48.7 Å². The summed E-state index contributed by atoms with van der Waals surface area (Å²) < 4.78 is 51.5. The topological polar surface area (TPSA) is 133 Å². The van der Waals surface area contributed by atoms with E-state index >= 15 is 0 Å². The van der Waals surface area contributed by atoms with Gasteiger partial charge in [0.15, 0.2) is 28.8 Å². The lowest BCUT2D eigenvalue weighted by Crippen LogP contribution is -2.14. The van der Waals surface area contributed by atoms with E-state index in [4.69, 9.17) is 53.9 Å². The van der Waals surface area contributed by atoms with Crippen molar-refractivity contribution < 1.29 is 47.1 Å². The van der Waals surface area contributed by atoms with E-state index in [9.17, 15) is 9.59 Å². The Kier molecular flexibility index (Phi) is 12.4. The molecule has 272 valence electrons. The molecule has 0 aliphatic carbocycles. The summed E-state index contributed by atoms with van der Waals surface area (Å²) in [6.07, 6.45) is 3.46. The third kappa shape index (κ3) is 8.47. The van der Waals surface area contributed by atoms with Crippen LogP contribution in [0.2, 0.25) is 5.02 Å². The standard InChI is InChI=1S/C39H38ClNO11/c1-44-27-21-30(46-3)35-31(22-27)52-37(24-18-32(47-4)38(49-6)33(19-24)48-5)39(36(35)43)51-16-8-15-50-28-13-11-23(17-29(28)45-2)12-14-34(42)41-26-10-7-9-25(40)20-26/h7,9-14,17-22H,8,15-16H2,1-6H3,(H,41,42)/b14-12+. The molecule has 1 amide bonds. The summed E-state index contributed by atoms with van der Waals surface area (Å²) in [6.45, 7) is 0.323. The third-order valence-electron chi connectivity index (χ3n) is 7.77. The Labute approximate surface area is 305 Å². The summed E-state index contributed by atoms with van der Waals surface area (Å²) >= 11 is 5.99. The molecule has 52 heavy (non-hydrogen) atoms. The van der Waals surface area contributed by atoms with Crippen LogP contribution in [-0.2, 0) is 4.79 Å². The fourth-order valence-corrected chi connectivity index (χ4v) is 5.49. The lowest BCUT2D eigenvalue weighted by atomic mass is 10.1. The molecule has 0 bridgehead atoms. The molecule has 5 rings (SSSR count). The van der Waals surface area contributed by atoms with Crippen molar-refractivity contribution in [3.63, 3.8) is 0 Å². The molecule has 0 radical (unpaired) electrons. The lowest BCUT2D eigenvalue weighted by Gasteiger charge is -2.17. The first kappa shape index (κ1) is 37.3. The second kappa shape index (κ2) is 17.3. The van der Waals surface area contributed by atoms with Crippen molar-refractivity contribution in [2.24, 2.45) is 0 Å². The van der Waals surface area contributed by atoms with Crippen molar-refractivity contribution in [1.29, 1.82) is 0 Å². The number of hydrogen-bond donors (Lipinski definition) is 1. The summed E-state index contributed by atoms with van der Waals surface area (Å²) in [5.41, 5.74) is 1.54. The maximum atomic E-state index is 14.1. The summed E-state index contributed by atoms with van der Waals surface area (Å²) in [5.74, 6) is 2.54. The number of anilines is 1. The molecular formula is C39H38ClNO11. The molecule has 0 aliphatic heterocycles. The maximum Gasteiger partial charge on any atom is 0.248 e. The number of halogens is 1. The van der Waals surface area contributed by atoms with Gasteiger partial charge in [-0.15, -0.1) is 0 Å². The minimum absolute atomic E-state index is 0.0432. The minimum Gasteiger partial charge on any atom is -0.496 e. The van der Waals surface area contributed by atoms with Crippen molar-refractivity contribution >= 4 is 40.2 Å². The number of benzene rings is 4. The number of carbonyl (C=O) groups is 1. The third-order valence-corrected chi connectivity index (χ3v) is 8.01. The fourth-order valence-electron chi connectivity index (χ4n) is 5.30. The summed E-state index contributed by atoms with van der Waals surface area (Å²) in [7, 11) is 8.97. The number of rotatable bonds is 16. The van der Waals surface area contributed by atoms with Gasteiger partial charge >= 0.3 is 0 Å². The van der Waals surface area contributed by atoms with Crippen LogP contribution in [0.1, 0.15) is 12.0 Å². The number of amides is 1. The molecule has 0 spiro atoms. The predicted octanol–water partition coefficient (Wildman–Crippen LogP) is 7.66. The molecule has 1 aromatic heterocycles. The highest BCUT2D eigenvalue weighted by atomic mass is 35.5. The highest BCUT2D eigenvalue weighted by molar-refractivity contribution is 6.30. The van der Waals surface area contributed by atoms with Crippen molar-refractivity contribution in [1.82, 2.24) is 0 Å². The van der Waals surface area contributed by atoms with Crippen LogP contribution in [0.25, 0.3) is 28.4 Å². The number of hydrogen-bond acceptors (Lipinski definition) is 11. The van der Waals surface area contributed by atoms with Gasteiger partial charge in [-0.2, -0.15) is 0 Å². The van der Waals surface area contributed by atoms with Crippen LogP contribution in [0, 0.1) is 0 Å². The minimum atomic E-state index is -0.447. The van der Waals surface area contributed by atoms with Crippen LogP contribution in [0.3, 0.4) is 0 Å². The molecule has 13 heteroatoms. The van der Waals surface area contributed by atoms with Crippen molar-refractivity contribution in [3.05, 3.63) is 93.6 Å². The average Bonchev–Trinajstić information content (AvgIpc) is 3.16. The predicted molar refractivity (Wildman–Crippen MR) is 198 cm³/mol. The molecular weight excluding hydrogens is 694 g/mol. The first-order chi connectivity index (χ1) is 25.2. The number of fused-ring (bicyclic) bond motifs is 1. The Bertz CT molecular complexity index is 2120. The molecule has 0 unspecified atom stereocenters. The van der Waals surface area contributed by atoms with Crippen LogP contribution in [0.15, 0.2) is 82.0 Å². The average molecular weight is 732 g/mol. The molecule has 1 N–H and O–H groups in total. The Balaban J connectivity index is 1.34. The smallest absolute Gasteiger partial charge is 0.248 e. The van der Waals surface area contributed by atoms with Crippen LogP contribution in [0.5, 0.6) is 46.0 Å². The molecule has 4 aromatic carbocycles. The molecule has 5 aromatic rings. The van der Waals surface area contributed by atoms with Gasteiger partial charge in [0, 0.05) is 40.9 Å². The zero-order chi connectivity index (χ0) is 37.2. The van der Waals surface area contributed by atoms with Crippen LogP contribution < -0.4 is 48.6 Å². The number of carbonyl (C=O) groups excluding carboxylic acids is 1. The summed E-state index contributed by atoms with van der Waals surface area (Å²) in [5, 5.41) is 3.47. The molecule has 0 saturated carbocycles. The number of methoxy groups -OCH3 is 6. The van der Waals surface area contributed by atoms with Gasteiger partial charge in [0.25, 0.3) is 0 Å². The van der Waals surface area contributed by atoms with E-state index in [2.05, 4.69) is 5.32 Å². The maximum absolute atomic E-state index is 14.1. The van der Waals surface area contributed by atoms with Crippen molar-refractivity contribution in [3.8, 4) is 57.3 Å². The Morgan fingerprint density at radius 2 is 1.44 bits per heavy atom. The van der Waals surface area contributed by atoms with Gasteiger partial charge < -0.3 is 47.6 Å². The molecule has 0 aliphatic rings. The number of nitrogens with one attached hydrogen (secondary N) is 1. The van der Waals surface area contributed by atoms with Gasteiger partial charge in [0.1, 0.15) is 22.5 Å².